The number of hydrogen-bond donors (Lipinski definition) is 0. The fourth-order valence-electron chi connectivity index (χ4n) is 8.22. The van der Waals surface area contributed by atoms with Crippen molar-refractivity contribution < 1.29 is 28.6 Å². The summed E-state index contributed by atoms with van der Waals surface area (Å²) in [4.78, 5) is 38.1. The monoisotopic (exact) mass is 937 g/mol. The van der Waals surface area contributed by atoms with Crippen LogP contribution in [-0.2, 0) is 28.6 Å². The zero-order valence-corrected chi connectivity index (χ0v) is 44.4. The lowest BCUT2D eigenvalue weighted by Gasteiger charge is -2.18. The summed E-state index contributed by atoms with van der Waals surface area (Å²) < 4.78 is 16.8. The van der Waals surface area contributed by atoms with Crippen LogP contribution < -0.4 is 0 Å². The maximum atomic E-state index is 12.8. The van der Waals surface area contributed by atoms with E-state index in [1.807, 2.05) is 6.08 Å². The van der Waals surface area contributed by atoms with Crippen molar-refractivity contribution in [2.24, 2.45) is 0 Å². The van der Waals surface area contributed by atoms with E-state index in [9.17, 15) is 14.4 Å². The molecule has 0 bridgehead atoms. The SMILES string of the molecule is CC/C=C\C/C=C\C/C=C\C/C=C\CCC(=O)OCC(COC(=O)CCCCCCCCCCC/C=C\CCCCCCCCCC)OC(=O)CCCCCCCCCCCCCCCCC. The largest absolute Gasteiger partial charge is 0.462 e. The quantitative estimate of drug-likeness (QED) is 0.0262. The fourth-order valence-corrected chi connectivity index (χ4v) is 8.22. The first-order chi connectivity index (χ1) is 33.0. The van der Waals surface area contributed by atoms with E-state index >= 15 is 0 Å². The Morgan fingerprint density at radius 3 is 1.00 bits per heavy atom. The van der Waals surface area contributed by atoms with Crippen LogP contribution in [0.25, 0.3) is 0 Å². The number of carbonyl (C=O) groups excluding carboxylic acids is 3. The molecule has 6 nitrogen and oxygen atoms in total. The molecule has 0 spiro atoms. The molecule has 0 N–H and O–H groups in total. The maximum absolute atomic E-state index is 12.8. The molecule has 0 aromatic heterocycles. The number of hydrogen-bond acceptors (Lipinski definition) is 6. The van der Waals surface area contributed by atoms with Crippen molar-refractivity contribution in [1.29, 1.82) is 0 Å². The summed E-state index contributed by atoms with van der Waals surface area (Å²) in [7, 11) is 0. The Morgan fingerprint density at radius 2 is 0.612 bits per heavy atom. The van der Waals surface area contributed by atoms with Crippen molar-refractivity contribution in [3.63, 3.8) is 0 Å². The van der Waals surface area contributed by atoms with Crippen molar-refractivity contribution in [2.45, 2.75) is 297 Å². The smallest absolute Gasteiger partial charge is 0.306 e. The van der Waals surface area contributed by atoms with Gasteiger partial charge in [-0.15, -0.1) is 0 Å². The predicted octanol–water partition coefficient (Wildman–Crippen LogP) is 19.2. The van der Waals surface area contributed by atoms with Gasteiger partial charge in [-0.25, -0.2) is 0 Å². The van der Waals surface area contributed by atoms with Gasteiger partial charge in [0, 0.05) is 19.3 Å². The zero-order chi connectivity index (χ0) is 48.6. The molecule has 388 valence electrons. The molecule has 0 rings (SSSR count). The number of rotatable bonds is 52. The lowest BCUT2D eigenvalue weighted by atomic mass is 10.0. The highest BCUT2D eigenvalue weighted by Crippen LogP contribution is 2.16. The van der Waals surface area contributed by atoms with Crippen LogP contribution in [0.3, 0.4) is 0 Å². The number of unbranched alkanes of at least 4 members (excludes halogenated alkanes) is 31. The van der Waals surface area contributed by atoms with Crippen molar-refractivity contribution in [3.05, 3.63) is 60.8 Å². The molecule has 0 aliphatic heterocycles. The van der Waals surface area contributed by atoms with Gasteiger partial charge >= 0.3 is 17.9 Å². The second-order valence-electron chi connectivity index (χ2n) is 19.2. The van der Waals surface area contributed by atoms with Crippen molar-refractivity contribution in [1.82, 2.24) is 0 Å². The Bertz CT molecular complexity index is 1210. The van der Waals surface area contributed by atoms with E-state index < -0.39 is 6.10 Å². The van der Waals surface area contributed by atoms with Gasteiger partial charge in [-0.2, -0.15) is 0 Å². The highest BCUT2D eigenvalue weighted by Gasteiger charge is 2.19. The van der Waals surface area contributed by atoms with Crippen molar-refractivity contribution in [3.8, 4) is 0 Å². The van der Waals surface area contributed by atoms with E-state index in [-0.39, 0.29) is 37.5 Å². The number of carbonyl (C=O) groups is 3. The van der Waals surface area contributed by atoms with Crippen LogP contribution in [0.2, 0.25) is 0 Å². The second-order valence-corrected chi connectivity index (χ2v) is 19.2. The summed E-state index contributed by atoms with van der Waals surface area (Å²) in [5.41, 5.74) is 0. The van der Waals surface area contributed by atoms with Gasteiger partial charge < -0.3 is 14.2 Å². The summed E-state index contributed by atoms with van der Waals surface area (Å²) in [6.07, 6.45) is 69.5. The van der Waals surface area contributed by atoms with E-state index in [0.29, 0.717) is 19.3 Å². The topological polar surface area (TPSA) is 78.9 Å². The van der Waals surface area contributed by atoms with Gasteiger partial charge in [0.2, 0.25) is 0 Å². The van der Waals surface area contributed by atoms with Gasteiger partial charge in [-0.1, -0.05) is 261 Å². The highest BCUT2D eigenvalue weighted by atomic mass is 16.6. The molecule has 0 heterocycles. The molecule has 0 saturated heterocycles. The summed E-state index contributed by atoms with van der Waals surface area (Å²) in [6.45, 7) is 6.49. The Kier molecular flexibility index (Phi) is 53.3. The van der Waals surface area contributed by atoms with Gasteiger partial charge in [0.05, 0.1) is 0 Å². The third-order valence-electron chi connectivity index (χ3n) is 12.5. The minimum Gasteiger partial charge on any atom is -0.462 e. The molecule has 67 heavy (non-hydrogen) atoms. The van der Waals surface area contributed by atoms with Crippen molar-refractivity contribution >= 4 is 17.9 Å². The number of ether oxygens (including phenoxy) is 3. The van der Waals surface area contributed by atoms with Crippen LogP contribution in [0.5, 0.6) is 0 Å². The molecule has 0 aromatic carbocycles. The first-order valence-corrected chi connectivity index (χ1v) is 28.8. The normalized spacial score (nSPS) is 12.5. The first-order valence-electron chi connectivity index (χ1n) is 28.8. The Hall–Kier alpha value is -2.89. The van der Waals surface area contributed by atoms with Crippen LogP contribution in [0, 0.1) is 0 Å². The van der Waals surface area contributed by atoms with E-state index in [4.69, 9.17) is 14.2 Å². The predicted molar refractivity (Wildman–Crippen MR) is 288 cm³/mol. The van der Waals surface area contributed by atoms with Crippen LogP contribution in [0.4, 0.5) is 0 Å². The summed E-state index contributed by atoms with van der Waals surface area (Å²) in [5, 5.41) is 0. The molecule has 0 saturated carbocycles. The summed E-state index contributed by atoms with van der Waals surface area (Å²) in [5.74, 6) is -0.970. The summed E-state index contributed by atoms with van der Waals surface area (Å²) in [6, 6.07) is 0. The molecule has 0 aromatic rings. The average molecular weight is 938 g/mol. The first kappa shape index (κ1) is 64.1. The van der Waals surface area contributed by atoms with Gasteiger partial charge in [0.25, 0.3) is 0 Å². The summed E-state index contributed by atoms with van der Waals surface area (Å²) >= 11 is 0. The molecule has 0 fully saturated rings. The standard InChI is InChI=1S/C61H108O6/c1-4-7-10-13-16-19-22-25-27-28-29-30-31-32-34-36-39-42-45-48-51-54-60(63)66-57-58(56-65-59(62)53-50-47-44-41-38-35-24-21-18-15-12-9-6-3)67-61(64)55-52-49-46-43-40-37-33-26-23-20-17-14-11-8-5-2/h9,12,18,21,28-29,35,38,44,47,58H,4-8,10-11,13-17,19-20,22-27,30-34,36-37,39-43,45-46,48-57H2,1-3H3/b12-9-,21-18-,29-28-,38-35-,47-44-. The molecular formula is C61H108O6. The van der Waals surface area contributed by atoms with Gasteiger partial charge in [-0.05, 0) is 70.6 Å². The van der Waals surface area contributed by atoms with Crippen LogP contribution >= 0.6 is 0 Å². The second kappa shape index (κ2) is 55.7. The van der Waals surface area contributed by atoms with Crippen LogP contribution in [-0.4, -0.2) is 37.2 Å². The molecule has 6 heteroatoms. The van der Waals surface area contributed by atoms with Crippen molar-refractivity contribution in [2.75, 3.05) is 13.2 Å². The molecule has 1 unspecified atom stereocenters. The Morgan fingerprint density at radius 1 is 0.313 bits per heavy atom. The zero-order valence-electron chi connectivity index (χ0n) is 44.4. The Labute approximate surface area is 415 Å². The minimum atomic E-state index is -0.801. The molecule has 0 radical (unpaired) electrons. The van der Waals surface area contributed by atoms with Gasteiger partial charge in [0.15, 0.2) is 6.10 Å². The third kappa shape index (κ3) is 53.9. The third-order valence-corrected chi connectivity index (χ3v) is 12.5. The molecule has 0 aliphatic rings. The van der Waals surface area contributed by atoms with Crippen LogP contribution in [0.15, 0.2) is 60.8 Å². The van der Waals surface area contributed by atoms with E-state index in [0.717, 1.165) is 64.2 Å². The lowest BCUT2D eigenvalue weighted by Crippen LogP contribution is -2.30. The van der Waals surface area contributed by atoms with E-state index in [1.165, 1.54) is 180 Å². The highest BCUT2D eigenvalue weighted by molar-refractivity contribution is 5.71. The number of esters is 3. The van der Waals surface area contributed by atoms with Gasteiger partial charge in [-0.3, -0.25) is 14.4 Å². The van der Waals surface area contributed by atoms with Gasteiger partial charge in [0.1, 0.15) is 13.2 Å². The molecular weight excluding hydrogens is 829 g/mol. The molecule has 1 atom stereocenters. The molecule has 0 amide bonds. The van der Waals surface area contributed by atoms with E-state index in [1.54, 1.807) is 0 Å². The lowest BCUT2D eigenvalue weighted by molar-refractivity contribution is -0.166. The number of allylic oxidation sites excluding steroid dienone is 10. The average Bonchev–Trinajstić information content (AvgIpc) is 3.33. The maximum Gasteiger partial charge on any atom is 0.306 e. The fraction of sp³-hybridized carbons (Fsp3) is 0.787. The molecule has 0 aliphatic carbocycles. The van der Waals surface area contributed by atoms with E-state index in [2.05, 4.69) is 75.5 Å². The van der Waals surface area contributed by atoms with Crippen LogP contribution in [0.1, 0.15) is 290 Å². The minimum absolute atomic E-state index is 0.0946. The Balaban J connectivity index is 4.36.